The van der Waals surface area contributed by atoms with Gasteiger partial charge in [0.15, 0.2) is 0 Å². The van der Waals surface area contributed by atoms with Gasteiger partial charge in [-0.25, -0.2) is 0 Å². The number of rotatable bonds is 11. The summed E-state index contributed by atoms with van der Waals surface area (Å²) < 4.78 is 12.2. The zero-order chi connectivity index (χ0) is 13.1. The molecule has 104 valence electrons. The molecule has 0 amide bonds. The van der Waals surface area contributed by atoms with Crippen molar-refractivity contribution in [2.45, 2.75) is 65.2 Å². The Morgan fingerprint density at radius 3 is 1.53 bits per heavy atom. The van der Waals surface area contributed by atoms with E-state index in [-0.39, 0.29) is 0 Å². The maximum absolute atomic E-state index is 11.1. The average molecular weight is 263 g/mol. The third-order valence-electron chi connectivity index (χ3n) is 2.89. The highest BCUT2D eigenvalue weighted by molar-refractivity contribution is 7.46. The Kier molecular flexibility index (Phi) is 10.1. The molecule has 0 aromatic rings. The van der Waals surface area contributed by atoms with Crippen molar-refractivity contribution in [3.8, 4) is 0 Å². The fourth-order valence-corrected chi connectivity index (χ4v) is 2.57. The second-order valence-electron chi connectivity index (χ2n) is 4.54. The summed E-state index contributed by atoms with van der Waals surface area (Å²) >= 11 is 0. The molecule has 0 fully saturated rings. The van der Waals surface area contributed by atoms with Gasteiger partial charge in [-0.2, -0.15) is 0 Å². The lowest BCUT2D eigenvalue weighted by molar-refractivity contribution is -0.329. The van der Waals surface area contributed by atoms with Gasteiger partial charge in [0.25, 0.3) is 0 Å². The van der Waals surface area contributed by atoms with Crippen LogP contribution in [0.25, 0.3) is 0 Å². The molecule has 0 heterocycles. The molecule has 0 aliphatic rings. The third-order valence-corrected chi connectivity index (χ3v) is 3.98. The molecule has 0 saturated heterocycles. The SMILES string of the molecule is CCCCCCN(CCCCCC)P(=O)([O-])[O-]. The van der Waals surface area contributed by atoms with Crippen molar-refractivity contribution in [3.05, 3.63) is 0 Å². The maximum atomic E-state index is 11.1. The van der Waals surface area contributed by atoms with Crippen LogP contribution in [0.4, 0.5) is 0 Å². The van der Waals surface area contributed by atoms with Gasteiger partial charge in [0.2, 0.25) is 0 Å². The zero-order valence-electron chi connectivity index (χ0n) is 11.2. The normalized spacial score (nSPS) is 12.3. The van der Waals surface area contributed by atoms with Crippen LogP contribution in [0.15, 0.2) is 0 Å². The fraction of sp³-hybridized carbons (Fsp3) is 1.00. The Morgan fingerprint density at radius 1 is 0.824 bits per heavy atom. The van der Waals surface area contributed by atoms with E-state index in [0.717, 1.165) is 56.0 Å². The number of hydrogen-bond donors (Lipinski definition) is 0. The van der Waals surface area contributed by atoms with Crippen LogP contribution in [-0.4, -0.2) is 17.8 Å². The maximum Gasteiger partial charge on any atom is 0.00271 e. The van der Waals surface area contributed by atoms with E-state index in [1.807, 2.05) is 0 Å². The molecule has 0 unspecified atom stereocenters. The molecule has 0 aliphatic heterocycles. The highest BCUT2D eigenvalue weighted by atomic mass is 31.2. The lowest BCUT2D eigenvalue weighted by Crippen LogP contribution is -2.34. The second-order valence-corrected chi connectivity index (χ2v) is 6.05. The lowest BCUT2D eigenvalue weighted by Gasteiger charge is -2.41. The molecule has 0 spiro atoms. The average Bonchev–Trinajstić information content (AvgIpc) is 2.25. The van der Waals surface area contributed by atoms with Crippen LogP contribution in [-0.2, 0) is 4.57 Å². The predicted octanol–water partition coefficient (Wildman–Crippen LogP) is 2.28. The fourth-order valence-electron chi connectivity index (χ4n) is 1.80. The van der Waals surface area contributed by atoms with Crippen molar-refractivity contribution in [2.24, 2.45) is 0 Å². The predicted molar refractivity (Wildman–Crippen MR) is 67.5 cm³/mol. The van der Waals surface area contributed by atoms with Crippen LogP contribution in [0.1, 0.15) is 65.2 Å². The van der Waals surface area contributed by atoms with E-state index in [2.05, 4.69) is 13.8 Å². The molecule has 0 bridgehead atoms. The summed E-state index contributed by atoms with van der Waals surface area (Å²) in [6.07, 6.45) is 8.04. The molecule has 0 aliphatic carbocycles. The monoisotopic (exact) mass is 263 g/mol. The Morgan fingerprint density at radius 2 is 1.24 bits per heavy atom. The molecule has 0 N–H and O–H groups in total. The molecule has 0 aromatic carbocycles. The summed E-state index contributed by atoms with van der Waals surface area (Å²) in [5.41, 5.74) is 0. The van der Waals surface area contributed by atoms with Crippen LogP contribution in [0.3, 0.4) is 0 Å². The zero-order valence-corrected chi connectivity index (χ0v) is 12.1. The van der Waals surface area contributed by atoms with E-state index in [0.29, 0.717) is 13.1 Å². The largest absolute Gasteiger partial charge is 0.799 e. The molecule has 0 saturated carbocycles. The van der Waals surface area contributed by atoms with E-state index in [1.165, 1.54) is 0 Å². The van der Waals surface area contributed by atoms with Crippen LogP contribution >= 0.6 is 7.75 Å². The van der Waals surface area contributed by atoms with E-state index in [9.17, 15) is 14.4 Å². The molecular weight excluding hydrogens is 237 g/mol. The minimum atomic E-state index is -4.54. The first-order chi connectivity index (χ1) is 8.02. The Hall–Kier alpha value is 0.110. The van der Waals surface area contributed by atoms with Crippen molar-refractivity contribution < 1.29 is 14.4 Å². The Labute approximate surface area is 106 Å². The topological polar surface area (TPSA) is 66.4 Å². The van der Waals surface area contributed by atoms with Crippen LogP contribution in [0.5, 0.6) is 0 Å². The number of unbranched alkanes of at least 4 members (excludes halogenated alkanes) is 6. The van der Waals surface area contributed by atoms with E-state index in [4.69, 9.17) is 0 Å². The standard InChI is InChI=1S/C12H28NO3P/c1-3-5-7-9-11-13(17(14,15)16)12-10-8-6-4-2/h3-12H2,1-2H3,(H2,14,15,16)/p-2. The van der Waals surface area contributed by atoms with Crippen LogP contribution in [0, 0.1) is 0 Å². The first kappa shape index (κ1) is 17.1. The van der Waals surface area contributed by atoms with Crippen molar-refractivity contribution >= 4 is 7.75 Å². The summed E-state index contributed by atoms with van der Waals surface area (Å²) in [6.45, 7) is 5.01. The molecule has 5 heteroatoms. The van der Waals surface area contributed by atoms with Gasteiger partial charge in [0.1, 0.15) is 0 Å². The number of hydrogen-bond acceptors (Lipinski definition) is 3. The van der Waals surface area contributed by atoms with Crippen LogP contribution < -0.4 is 9.79 Å². The third kappa shape index (κ3) is 9.78. The molecule has 17 heavy (non-hydrogen) atoms. The van der Waals surface area contributed by atoms with E-state index >= 15 is 0 Å². The molecular formula is C12H26NO3P-2. The quantitative estimate of drug-likeness (QED) is 0.423. The second kappa shape index (κ2) is 10.1. The van der Waals surface area contributed by atoms with Gasteiger partial charge in [-0.3, -0.25) is 4.67 Å². The smallest absolute Gasteiger partial charge is 0.00271 e. The first-order valence-corrected chi connectivity index (χ1v) is 8.29. The molecule has 0 aromatic heterocycles. The minimum absolute atomic E-state index is 0.399. The summed E-state index contributed by atoms with van der Waals surface area (Å²) in [7, 11) is -4.54. The van der Waals surface area contributed by atoms with Gasteiger partial charge in [0.05, 0.1) is 0 Å². The van der Waals surface area contributed by atoms with Crippen LogP contribution in [0.2, 0.25) is 0 Å². The highest BCUT2D eigenvalue weighted by Crippen LogP contribution is 2.30. The summed E-state index contributed by atoms with van der Waals surface area (Å²) in [4.78, 5) is 22.1. The molecule has 4 nitrogen and oxygen atoms in total. The van der Waals surface area contributed by atoms with E-state index < -0.39 is 7.75 Å². The van der Waals surface area contributed by atoms with Crippen molar-refractivity contribution in [1.82, 2.24) is 4.67 Å². The summed E-state index contributed by atoms with van der Waals surface area (Å²) in [5.74, 6) is 0. The van der Waals surface area contributed by atoms with E-state index in [1.54, 1.807) is 0 Å². The summed E-state index contributed by atoms with van der Waals surface area (Å²) in [6, 6.07) is 0. The van der Waals surface area contributed by atoms with Gasteiger partial charge >= 0.3 is 0 Å². The van der Waals surface area contributed by atoms with Gasteiger partial charge in [0, 0.05) is 20.8 Å². The molecule has 0 atom stereocenters. The number of nitrogens with zero attached hydrogens (tertiary/aromatic N) is 1. The minimum Gasteiger partial charge on any atom is -0.799 e. The van der Waals surface area contributed by atoms with Gasteiger partial charge in [-0.05, 0) is 12.8 Å². The highest BCUT2D eigenvalue weighted by Gasteiger charge is 2.07. The molecule has 0 radical (unpaired) electrons. The van der Waals surface area contributed by atoms with Gasteiger partial charge in [-0.15, -0.1) is 0 Å². The van der Waals surface area contributed by atoms with Crippen molar-refractivity contribution in [1.29, 1.82) is 0 Å². The Bertz CT molecular complexity index is 206. The Balaban J connectivity index is 3.86. The lowest BCUT2D eigenvalue weighted by atomic mass is 10.2. The summed E-state index contributed by atoms with van der Waals surface area (Å²) in [5, 5.41) is 0. The van der Waals surface area contributed by atoms with Gasteiger partial charge < -0.3 is 14.4 Å². The van der Waals surface area contributed by atoms with Crippen molar-refractivity contribution in [2.75, 3.05) is 13.1 Å². The molecule has 0 rings (SSSR count). The first-order valence-electron chi connectivity index (χ1n) is 6.79. The van der Waals surface area contributed by atoms with Crippen molar-refractivity contribution in [3.63, 3.8) is 0 Å². The van der Waals surface area contributed by atoms with Gasteiger partial charge in [-0.1, -0.05) is 52.4 Å².